The summed E-state index contributed by atoms with van der Waals surface area (Å²) in [6, 6.07) is 12.8. The maximum atomic E-state index is 12.9. The maximum Gasteiger partial charge on any atom is 0.356 e. The Morgan fingerprint density at radius 3 is 2.45 bits per heavy atom. The molecule has 0 aliphatic carbocycles. The Balaban J connectivity index is 1.82. The summed E-state index contributed by atoms with van der Waals surface area (Å²) in [4.78, 5) is 12.4. The molecule has 4 aromatic rings. The van der Waals surface area contributed by atoms with Crippen LogP contribution >= 0.6 is 0 Å². The molecule has 0 atom stereocenters. The van der Waals surface area contributed by atoms with Crippen molar-refractivity contribution in [2.24, 2.45) is 0 Å². The van der Waals surface area contributed by atoms with E-state index in [1.807, 2.05) is 0 Å². The van der Waals surface area contributed by atoms with Crippen LogP contribution in [-0.2, 0) is 14.8 Å². The predicted molar refractivity (Wildman–Crippen MR) is 110 cm³/mol. The van der Waals surface area contributed by atoms with Gasteiger partial charge < -0.3 is 9.47 Å². The molecule has 0 saturated carbocycles. The fourth-order valence-electron chi connectivity index (χ4n) is 2.99. The summed E-state index contributed by atoms with van der Waals surface area (Å²) >= 11 is 0. The van der Waals surface area contributed by atoms with Crippen LogP contribution < -0.4 is 4.74 Å². The molecule has 3 aromatic heterocycles. The first kappa shape index (κ1) is 20.3. The molecule has 4 rings (SSSR count). The second-order valence-corrected chi connectivity index (χ2v) is 8.17. The lowest BCUT2D eigenvalue weighted by Crippen LogP contribution is -2.10. The lowest BCUT2D eigenvalue weighted by atomic mass is 10.1. The van der Waals surface area contributed by atoms with Gasteiger partial charge in [-0.2, -0.15) is 5.10 Å². The average Bonchev–Trinajstić information content (AvgIpc) is 3.47. The van der Waals surface area contributed by atoms with Crippen LogP contribution in [0.15, 0.2) is 65.8 Å². The molecule has 10 nitrogen and oxygen atoms in total. The molecule has 31 heavy (non-hydrogen) atoms. The summed E-state index contributed by atoms with van der Waals surface area (Å²) in [5.41, 5.74) is 1.51. The van der Waals surface area contributed by atoms with Gasteiger partial charge in [-0.3, -0.25) is 5.10 Å². The van der Waals surface area contributed by atoms with Gasteiger partial charge in [0.1, 0.15) is 5.69 Å². The number of aromatic nitrogens is 5. The fourth-order valence-corrected chi connectivity index (χ4v) is 4.21. The third kappa shape index (κ3) is 3.66. The molecular formula is C20H17N5O5S. The molecule has 0 saturated heterocycles. The van der Waals surface area contributed by atoms with Crippen LogP contribution in [-0.4, -0.2) is 53.0 Å². The number of ether oxygens (including phenoxy) is 2. The second kappa shape index (κ2) is 8.03. The number of hydrogen-bond acceptors (Lipinski definition) is 8. The number of esters is 1. The third-order valence-corrected chi connectivity index (χ3v) is 6.17. The zero-order valence-electron chi connectivity index (χ0n) is 16.5. The van der Waals surface area contributed by atoms with Crippen molar-refractivity contribution in [3.63, 3.8) is 0 Å². The largest absolute Gasteiger partial charge is 0.480 e. The number of aromatic amines is 1. The third-order valence-electron chi connectivity index (χ3n) is 4.52. The first-order valence-electron chi connectivity index (χ1n) is 8.99. The molecule has 11 heteroatoms. The maximum absolute atomic E-state index is 12.9. The van der Waals surface area contributed by atoms with Crippen molar-refractivity contribution in [2.75, 3.05) is 14.2 Å². The number of methoxy groups -OCH3 is 2. The molecule has 1 N–H and O–H groups in total. The number of benzene rings is 1. The van der Waals surface area contributed by atoms with Gasteiger partial charge in [-0.25, -0.2) is 17.2 Å². The monoisotopic (exact) mass is 439 g/mol. The molecule has 158 valence electrons. The molecule has 0 bridgehead atoms. The summed E-state index contributed by atoms with van der Waals surface area (Å²) in [5.74, 6) is -0.351. The predicted octanol–water partition coefficient (Wildman–Crippen LogP) is 2.37. The Kier molecular flexibility index (Phi) is 5.26. The highest BCUT2D eigenvalue weighted by Gasteiger charge is 2.25. The number of nitrogens with one attached hydrogen (secondary N) is 1. The van der Waals surface area contributed by atoms with Crippen LogP contribution in [0, 0.1) is 0 Å². The summed E-state index contributed by atoms with van der Waals surface area (Å²) in [7, 11) is -1.08. The first-order valence-corrected chi connectivity index (χ1v) is 10.4. The Labute approximate surface area is 177 Å². The van der Waals surface area contributed by atoms with Crippen LogP contribution in [0.2, 0.25) is 0 Å². The van der Waals surface area contributed by atoms with Crippen LogP contribution in [0.3, 0.4) is 0 Å². The van der Waals surface area contributed by atoms with Crippen molar-refractivity contribution in [3.05, 3.63) is 66.6 Å². The summed E-state index contributed by atoms with van der Waals surface area (Å²) in [5, 5.41) is 14.9. The van der Waals surface area contributed by atoms with E-state index in [9.17, 15) is 13.2 Å². The molecular weight excluding hydrogens is 422 g/mol. The number of H-pyrrole nitrogens is 1. The quantitative estimate of drug-likeness (QED) is 0.453. The highest BCUT2D eigenvalue weighted by molar-refractivity contribution is 7.90. The van der Waals surface area contributed by atoms with Gasteiger partial charge in [-0.15, -0.1) is 10.2 Å². The minimum atomic E-state index is -3.78. The lowest BCUT2D eigenvalue weighted by molar-refractivity contribution is 0.0595. The molecule has 0 spiro atoms. The zero-order valence-corrected chi connectivity index (χ0v) is 17.3. The van der Waals surface area contributed by atoms with Gasteiger partial charge in [0.25, 0.3) is 10.0 Å². The second-order valence-electron chi connectivity index (χ2n) is 6.32. The fraction of sp³-hybridized carbons (Fsp3) is 0.100. The highest BCUT2D eigenvalue weighted by atomic mass is 32.2. The van der Waals surface area contributed by atoms with E-state index in [-0.39, 0.29) is 10.6 Å². The Bertz CT molecular complexity index is 1330. The van der Waals surface area contributed by atoms with E-state index in [2.05, 4.69) is 20.4 Å². The Morgan fingerprint density at radius 1 is 1.03 bits per heavy atom. The Morgan fingerprint density at radius 2 is 1.81 bits per heavy atom. The van der Waals surface area contributed by atoms with E-state index in [1.165, 1.54) is 38.7 Å². The molecule has 0 radical (unpaired) electrons. The van der Waals surface area contributed by atoms with Crippen molar-refractivity contribution in [1.82, 2.24) is 24.4 Å². The van der Waals surface area contributed by atoms with Crippen LogP contribution in [0.1, 0.15) is 10.5 Å². The van der Waals surface area contributed by atoms with Crippen LogP contribution in [0.5, 0.6) is 5.88 Å². The molecule has 0 aliphatic rings. The van der Waals surface area contributed by atoms with Gasteiger partial charge in [0.05, 0.1) is 30.4 Å². The smallest absolute Gasteiger partial charge is 0.356 e. The van der Waals surface area contributed by atoms with E-state index in [0.717, 1.165) is 3.97 Å². The number of rotatable bonds is 6. The summed E-state index contributed by atoms with van der Waals surface area (Å²) < 4.78 is 36.7. The number of hydrogen-bond donors (Lipinski definition) is 1. The van der Waals surface area contributed by atoms with Crippen molar-refractivity contribution in [2.45, 2.75) is 4.90 Å². The minimum absolute atomic E-state index is 0.0654. The lowest BCUT2D eigenvalue weighted by Gasteiger charge is -2.06. The molecule has 0 fully saturated rings. The van der Waals surface area contributed by atoms with Gasteiger partial charge in [0.15, 0.2) is 5.69 Å². The first-order chi connectivity index (χ1) is 15.0. The molecule has 1 aromatic carbocycles. The standard InChI is InChI=1S/C20H17N5O5S/c1-29-16-9-8-15(21-22-16)17-18(23-24-19(17)20(26)30-2)13-10-11-25(12-13)31(27,28)14-6-4-3-5-7-14/h3-12H,1-2H3,(H,23,24). The normalized spacial score (nSPS) is 11.3. The highest BCUT2D eigenvalue weighted by Crippen LogP contribution is 2.33. The van der Waals surface area contributed by atoms with Crippen molar-refractivity contribution in [1.29, 1.82) is 0 Å². The average molecular weight is 439 g/mol. The topological polar surface area (TPSA) is 129 Å². The van der Waals surface area contributed by atoms with Gasteiger partial charge >= 0.3 is 5.97 Å². The van der Waals surface area contributed by atoms with E-state index >= 15 is 0 Å². The molecule has 0 unspecified atom stereocenters. The SMILES string of the molecule is COC(=O)c1[nH]nc(-c2ccn(S(=O)(=O)c3ccccc3)c2)c1-c1ccc(OC)nn1. The van der Waals surface area contributed by atoms with Gasteiger partial charge in [0.2, 0.25) is 5.88 Å². The van der Waals surface area contributed by atoms with E-state index in [0.29, 0.717) is 28.4 Å². The molecule has 0 amide bonds. The van der Waals surface area contributed by atoms with E-state index < -0.39 is 16.0 Å². The number of carbonyl (C=O) groups is 1. The van der Waals surface area contributed by atoms with Gasteiger partial charge in [-0.05, 0) is 24.3 Å². The molecule has 0 aliphatic heterocycles. The molecule has 3 heterocycles. The summed E-state index contributed by atoms with van der Waals surface area (Å²) in [6.45, 7) is 0. The van der Waals surface area contributed by atoms with Crippen molar-refractivity contribution >= 4 is 16.0 Å². The Hall–Kier alpha value is -3.99. The number of carbonyl (C=O) groups excluding carboxylic acids is 1. The van der Waals surface area contributed by atoms with E-state index in [1.54, 1.807) is 36.4 Å². The van der Waals surface area contributed by atoms with Gasteiger partial charge in [-0.1, -0.05) is 18.2 Å². The van der Waals surface area contributed by atoms with Crippen LogP contribution in [0.25, 0.3) is 22.5 Å². The van der Waals surface area contributed by atoms with Crippen LogP contribution in [0.4, 0.5) is 0 Å². The van der Waals surface area contributed by atoms with Gasteiger partial charge in [0, 0.05) is 24.0 Å². The van der Waals surface area contributed by atoms with Crippen molar-refractivity contribution in [3.8, 4) is 28.4 Å². The number of nitrogens with zero attached hydrogens (tertiary/aromatic N) is 4. The van der Waals surface area contributed by atoms with E-state index in [4.69, 9.17) is 9.47 Å². The minimum Gasteiger partial charge on any atom is -0.480 e. The summed E-state index contributed by atoms with van der Waals surface area (Å²) in [6.07, 6.45) is 2.83. The van der Waals surface area contributed by atoms with Crippen molar-refractivity contribution < 1.29 is 22.7 Å². The zero-order chi connectivity index (χ0) is 22.0.